The van der Waals surface area contributed by atoms with Crippen molar-refractivity contribution in [1.29, 1.82) is 0 Å². The number of rotatable bonds is 3. The molecule has 2 aromatic rings. The van der Waals surface area contributed by atoms with Gasteiger partial charge in [-0.2, -0.15) is 0 Å². The van der Waals surface area contributed by atoms with Gasteiger partial charge in [-0.15, -0.1) is 0 Å². The van der Waals surface area contributed by atoms with E-state index in [9.17, 15) is 4.79 Å². The molecule has 1 aliphatic rings. The smallest absolute Gasteiger partial charge is 0.258 e. The molecule has 0 radical (unpaired) electrons. The van der Waals surface area contributed by atoms with Crippen molar-refractivity contribution in [1.82, 2.24) is 14.9 Å². The molecule has 0 bridgehead atoms. The summed E-state index contributed by atoms with van der Waals surface area (Å²) in [5, 5.41) is 0.647. The Bertz CT molecular complexity index is 679. The Morgan fingerprint density at radius 2 is 2.29 bits per heavy atom. The van der Waals surface area contributed by atoms with Crippen LogP contribution in [0.15, 0.2) is 29.1 Å². The first-order chi connectivity index (χ1) is 10.1. The maximum Gasteiger partial charge on any atom is 0.258 e. The summed E-state index contributed by atoms with van der Waals surface area (Å²) in [6.07, 6.45) is 2.35. The number of nitrogens with zero attached hydrogens (tertiary/aromatic N) is 2. The zero-order valence-corrected chi connectivity index (χ0v) is 12.4. The fourth-order valence-electron chi connectivity index (χ4n) is 3.09. The van der Waals surface area contributed by atoms with Crippen molar-refractivity contribution in [2.75, 3.05) is 13.1 Å². The van der Waals surface area contributed by atoms with E-state index in [1.165, 1.54) is 6.42 Å². The molecule has 1 aromatic carbocycles. The van der Waals surface area contributed by atoms with Crippen LogP contribution in [0, 0.1) is 5.92 Å². The van der Waals surface area contributed by atoms with Crippen molar-refractivity contribution in [2.24, 2.45) is 11.7 Å². The molecule has 5 heteroatoms. The first kappa shape index (κ1) is 14.2. The van der Waals surface area contributed by atoms with Gasteiger partial charge in [0.15, 0.2) is 0 Å². The van der Waals surface area contributed by atoms with Crippen LogP contribution in [0.5, 0.6) is 0 Å². The number of hydrogen-bond acceptors (Lipinski definition) is 4. The molecule has 2 unspecified atom stereocenters. The predicted molar refractivity (Wildman–Crippen MR) is 84.0 cm³/mol. The van der Waals surface area contributed by atoms with E-state index < -0.39 is 0 Å². The SMILES string of the molecule is CC(N)C1CCCN(Cc2nc3ccccc3c(=O)[nH]2)C1. The molecule has 0 spiro atoms. The molecule has 1 fully saturated rings. The Hall–Kier alpha value is -1.72. The molecule has 112 valence electrons. The maximum absolute atomic E-state index is 12.1. The summed E-state index contributed by atoms with van der Waals surface area (Å²) in [6, 6.07) is 7.67. The van der Waals surface area contributed by atoms with Crippen LogP contribution in [0.2, 0.25) is 0 Å². The molecule has 3 rings (SSSR count). The Labute approximate surface area is 124 Å². The number of aromatic nitrogens is 2. The normalized spacial score (nSPS) is 21.5. The number of aromatic amines is 1. The Morgan fingerprint density at radius 3 is 3.10 bits per heavy atom. The van der Waals surface area contributed by atoms with Gasteiger partial charge < -0.3 is 10.7 Å². The minimum absolute atomic E-state index is 0.0589. The Morgan fingerprint density at radius 1 is 1.48 bits per heavy atom. The van der Waals surface area contributed by atoms with Crippen molar-refractivity contribution in [3.05, 3.63) is 40.4 Å². The topological polar surface area (TPSA) is 75.0 Å². The molecule has 0 amide bonds. The largest absolute Gasteiger partial charge is 0.328 e. The van der Waals surface area contributed by atoms with Gasteiger partial charge in [-0.1, -0.05) is 12.1 Å². The lowest BCUT2D eigenvalue weighted by Crippen LogP contribution is -2.42. The van der Waals surface area contributed by atoms with Gasteiger partial charge in [-0.3, -0.25) is 9.69 Å². The van der Waals surface area contributed by atoms with Gasteiger partial charge in [-0.25, -0.2) is 4.98 Å². The molecule has 2 atom stereocenters. The van der Waals surface area contributed by atoms with Gasteiger partial charge in [0.2, 0.25) is 0 Å². The quantitative estimate of drug-likeness (QED) is 0.896. The van der Waals surface area contributed by atoms with Crippen LogP contribution in [0.4, 0.5) is 0 Å². The first-order valence-corrected chi connectivity index (χ1v) is 7.59. The summed E-state index contributed by atoms with van der Waals surface area (Å²) in [5.74, 6) is 1.27. The van der Waals surface area contributed by atoms with Crippen molar-refractivity contribution in [3.63, 3.8) is 0 Å². The van der Waals surface area contributed by atoms with Gasteiger partial charge in [0.25, 0.3) is 5.56 Å². The highest BCUT2D eigenvalue weighted by Gasteiger charge is 2.23. The van der Waals surface area contributed by atoms with Crippen molar-refractivity contribution in [3.8, 4) is 0 Å². The second-order valence-electron chi connectivity index (χ2n) is 6.03. The maximum atomic E-state index is 12.1. The molecule has 1 saturated heterocycles. The average molecular weight is 286 g/mol. The number of benzene rings is 1. The molecule has 2 heterocycles. The number of nitrogens with two attached hydrogens (primary N) is 1. The second kappa shape index (κ2) is 5.95. The van der Waals surface area contributed by atoms with Gasteiger partial charge in [0.1, 0.15) is 5.82 Å². The molecule has 3 N–H and O–H groups in total. The number of piperidine rings is 1. The third-order valence-corrected chi connectivity index (χ3v) is 4.32. The lowest BCUT2D eigenvalue weighted by atomic mass is 9.92. The highest BCUT2D eigenvalue weighted by atomic mass is 16.1. The van der Waals surface area contributed by atoms with Gasteiger partial charge in [0, 0.05) is 12.6 Å². The summed E-state index contributed by atoms with van der Waals surface area (Å²) < 4.78 is 0. The molecule has 21 heavy (non-hydrogen) atoms. The van der Waals surface area contributed by atoms with E-state index in [2.05, 4.69) is 21.8 Å². The number of para-hydroxylation sites is 1. The van der Waals surface area contributed by atoms with Gasteiger partial charge >= 0.3 is 0 Å². The second-order valence-corrected chi connectivity index (χ2v) is 6.03. The lowest BCUT2D eigenvalue weighted by Gasteiger charge is -2.34. The standard InChI is InChI=1S/C16H22N4O/c1-11(17)12-5-4-8-20(9-12)10-15-18-14-7-3-2-6-13(14)16(21)19-15/h2-3,6-7,11-12H,4-5,8-10,17H2,1H3,(H,18,19,21). The average Bonchev–Trinajstić information content (AvgIpc) is 2.47. The minimum Gasteiger partial charge on any atom is -0.328 e. The highest BCUT2D eigenvalue weighted by Crippen LogP contribution is 2.19. The number of hydrogen-bond donors (Lipinski definition) is 2. The molecular weight excluding hydrogens is 264 g/mol. The summed E-state index contributed by atoms with van der Waals surface area (Å²) in [5.41, 5.74) is 6.72. The molecule has 1 aromatic heterocycles. The van der Waals surface area contributed by atoms with E-state index in [0.29, 0.717) is 17.8 Å². The number of likely N-dealkylation sites (tertiary alicyclic amines) is 1. The van der Waals surface area contributed by atoms with Crippen LogP contribution in [0.3, 0.4) is 0 Å². The number of fused-ring (bicyclic) bond motifs is 1. The zero-order chi connectivity index (χ0) is 14.8. The Kier molecular flexibility index (Phi) is 4.03. The molecule has 5 nitrogen and oxygen atoms in total. The summed E-state index contributed by atoms with van der Waals surface area (Å²) in [6.45, 7) is 4.78. The van der Waals surface area contributed by atoms with Crippen LogP contribution in [-0.4, -0.2) is 34.0 Å². The monoisotopic (exact) mass is 286 g/mol. The van der Waals surface area contributed by atoms with E-state index in [1.54, 1.807) is 6.07 Å². The van der Waals surface area contributed by atoms with Crippen LogP contribution < -0.4 is 11.3 Å². The van der Waals surface area contributed by atoms with Crippen LogP contribution >= 0.6 is 0 Å². The van der Waals surface area contributed by atoms with E-state index in [-0.39, 0.29) is 11.6 Å². The molecule has 0 saturated carbocycles. The zero-order valence-electron chi connectivity index (χ0n) is 12.4. The van der Waals surface area contributed by atoms with E-state index >= 15 is 0 Å². The number of nitrogens with one attached hydrogen (secondary N) is 1. The lowest BCUT2D eigenvalue weighted by molar-refractivity contribution is 0.151. The van der Waals surface area contributed by atoms with E-state index in [4.69, 9.17) is 5.73 Å². The summed E-state index contributed by atoms with van der Waals surface area (Å²) >= 11 is 0. The van der Waals surface area contributed by atoms with Crippen LogP contribution in [0.1, 0.15) is 25.6 Å². The molecule has 0 aliphatic carbocycles. The number of H-pyrrole nitrogens is 1. The third-order valence-electron chi connectivity index (χ3n) is 4.32. The van der Waals surface area contributed by atoms with Crippen molar-refractivity contribution < 1.29 is 0 Å². The summed E-state index contributed by atoms with van der Waals surface area (Å²) in [7, 11) is 0. The first-order valence-electron chi connectivity index (χ1n) is 7.59. The van der Waals surface area contributed by atoms with Crippen molar-refractivity contribution >= 4 is 10.9 Å². The Balaban J connectivity index is 1.80. The van der Waals surface area contributed by atoms with E-state index in [1.807, 2.05) is 18.2 Å². The van der Waals surface area contributed by atoms with E-state index in [0.717, 1.165) is 30.9 Å². The minimum atomic E-state index is -0.0589. The molecule has 1 aliphatic heterocycles. The predicted octanol–water partition coefficient (Wildman–Crippen LogP) is 1.48. The summed E-state index contributed by atoms with van der Waals surface area (Å²) in [4.78, 5) is 21.9. The molecular formula is C16H22N4O. The van der Waals surface area contributed by atoms with Crippen molar-refractivity contribution in [2.45, 2.75) is 32.4 Å². The fourth-order valence-corrected chi connectivity index (χ4v) is 3.09. The third kappa shape index (κ3) is 3.14. The fraction of sp³-hybridized carbons (Fsp3) is 0.500. The van der Waals surface area contributed by atoms with Crippen LogP contribution in [0.25, 0.3) is 10.9 Å². The van der Waals surface area contributed by atoms with Gasteiger partial charge in [-0.05, 0) is 44.4 Å². The highest BCUT2D eigenvalue weighted by molar-refractivity contribution is 5.77. The van der Waals surface area contributed by atoms with Gasteiger partial charge in [0.05, 0.1) is 17.4 Å². The van der Waals surface area contributed by atoms with Crippen LogP contribution in [-0.2, 0) is 6.54 Å².